The second-order valence-corrected chi connectivity index (χ2v) is 4.64. The standard InChI is InChI=1S/C15H26N4/c1-4-19(5-2)11-7-10-17-15(16)18-14-9-6-8-13(3)12-14/h6,8-9,12H,4-5,7,10-11H2,1-3H3,(H3,16,17,18). The summed E-state index contributed by atoms with van der Waals surface area (Å²) >= 11 is 0. The number of aliphatic imine (C=N–C) groups is 1. The number of aryl methyl sites for hydroxylation is 1. The van der Waals surface area contributed by atoms with Crippen LogP contribution < -0.4 is 11.1 Å². The van der Waals surface area contributed by atoms with E-state index >= 15 is 0 Å². The van der Waals surface area contributed by atoms with Crippen LogP contribution in [0.25, 0.3) is 0 Å². The van der Waals surface area contributed by atoms with Gasteiger partial charge in [-0.3, -0.25) is 4.99 Å². The van der Waals surface area contributed by atoms with Crippen molar-refractivity contribution < 1.29 is 0 Å². The van der Waals surface area contributed by atoms with Gasteiger partial charge in [-0.25, -0.2) is 0 Å². The van der Waals surface area contributed by atoms with Gasteiger partial charge in [-0.05, 0) is 50.7 Å². The van der Waals surface area contributed by atoms with Crippen LogP contribution in [0.5, 0.6) is 0 Å². The van der Waals surface area contributed by atoms with E-state index in [2.05, 4.69) is 48.1 Å². The third-order valence-corrected chi connectivity index (χ3v) is 3.10. The zero-order valence-corrected chi connectivity index (χ0v) is 12.3. The maximum Gasteiger partial charge on any atom is 0.193 e. The van der Waals surface area contributed by atoms with Crippen LogP contribution >= 0.6 is 0 Å². The minimum absolute atomic E-state index is 0.491. The van der Waals surface area contributed by atoms with Gasteiger partial charge in [-0.1, -0.05) is 26.0 Å². The van der Waals surface area contributed by atoms with E-state index in [9.17, 15) is 0 Å². The SMILES string of the molecule is CCN(CC)CCCN=C(N)Nc1cccc(C)c1. The normalized spacial score (nSPS) is 11.9. The molecule has 0 bridgehead atoms. The maximum atomic E-state index is 5.86. The predicted octanol–water partition coefficient (Wildman–Crippen LogP) is 2.45. The number of hydrogen-bond acceptors (Lipinski definition) is 2. The second-order valence-electron chi connectivity index (χ2n) is 4.64. The first-order valence-corrected chi connectivity index (χ1v) is 7.01. The molecule has 0 amide bonds. The number of nitrogens with zero attached hydrogens (tertiary/aromatic N) is 2. The quantitative estimate of drug-likeness (QED) is 0.451. The Kier molecular flexibility index (Phi) is 6.97. The predicted molar refractivity (Wildman–Crippen MR) is 83.7 cm³/mol. The number of guanidine groups is 1. The average molecular weight is 262 g/mol. The summed E-state index contributed by atoms with van der Waals surface area (Å²) in [5.74, 6) is 0.491. The van der Waals surface area contributed by atoms with Gasteiger partial charge in [0.25, 0.3) is 0 Å². The van der Waals surface area contributed by atoms with Gasteiger partial charge in [0, 0.05) is 12.2 Å². The highest BCUT2D eigenvalue weighted by atomic mass is 15.1. The first kappa shape index (κ1) is 15.5. The molecular formula is C15H26N4. The van der Waals surface area contributed by atoms with E-state index in [4.69, 9.17) is 5.73 Å². The molecule has 0 saturated carbocycles. The van der Waals surface area contributed by atoms with E-state index in [-0.39, 0.29) is 0 Å². The maximum absolute atomic E-state index is 5.86. The van der Waals surface area contributed by atoms with Crippen molar-refractivity contribution in [2.45, 2.75) is 27.2 Å². The first-order valence-electron chi connectivity index (χ1n) is 7.01. The molecule has 1 aromatic carbocycles. The average Bonchev–Trinajstić information content (AvgIpc) is 2.39. The monoisotopic (exact) mass is 262 g/mol. The van der Waals surface area contributed by atoms with Crippen molar-refractivity contribution in [1.29, 1.82) is 0 Å². The van der Waals surface area contributed by atoms with Crippen LogP contribution in [-0.2, 0) is 0 Å². The molecule has 1 aromatic rings. The van der Waals surface area contributed by atoms with Crippen LogP contribution in [0.4, 0.5) is 5.69 Å². The molecule has 3 N–H and O–H groups in total. The highest BCUT2D eigenvalue weighted by Gasteiger charge is 1.98. The van der Waals surface area contributed by atoms with E-state index in [0.717, 1.165) is 38.3 Å². The van der Waals surface area contributed by atoms with E-state index < -0.39 is 0 Å². The minimum Gasteiger partial charge on any atom is -0.370 e. The summed E-state index contributed by atoms with van der Waals surface area (Å²) in [5, 5.41) is 3.11. The molecule has 0 unspecified atom stereocenters. The zero-order valence-electron chi connectivity index (χ0n) is 12.3. The first-order chi connectivity index (χ1) is 9.15. The largest absolute Gasteiger partial charge is 0.370 e. The summed E-state index contributed by atoms with van der Waals surface area (Å²) < 4.78 is 0. The van der Waals surface area contributed by atoms with Gasteiger partial charge in [0.05, 0.1) is 0 Å². The fourth-order valence-corrected chi connectivity index (χ4v) is 1.94. The summed E-state index contributed by atoms with van der Waals surface area (Å²) in [6.07, 6.45) is 1.04. The second kappa shape index (κ2) is 8.53. The Hall–Kier alpha value is -1.55. The number of anilines is 1. The minimum atomic E-state index is 0.491. The number of rotatable bonds is 7. The molecule has 0 atom stereocenters. The molecule has 0 heterocycles. The summed E-state index contributed by atoms with van der Waals surface area (Å²) in [6, 6.07) is 8.11. The Balaban J connectivity index is 2.33. The molecule has 0 spiro atoms. The Morgan fingerprint density at radius 1 is 1.32 bits per heavy atom. The van der Waals surface area contributed by atoms with Gasteiger partial charge in [0.1, 0.15) is 0 Å². The van der Waals surface area contributed by atoms with Gasteiger partial charge in [0.15, 0.2) is 5.96 Å². The van der Waals surface area contributed by atoms with Gasteiger partial charge in [-0.15, -0.1) is 0 Å². The number of hydrogen-bond donors (Lipinski definition) is 2. The smallest absolute Gasteiger partial charge is 0.193 e. The molecule has 0 aromatic heterocycles. The lowest BCUT2D eigenvalue weighted by molar-refractivity contribution is 0.302. The lowest BCUT2D eigenvalue weighted by atomic mass is 10.2. The van der Waals surface area contributed by atoms with Crippen molar-refractivity contribution in [3.63, 3.8) is 0 Å². The molecule has 0 aliphatic carbocycles. The third kappa shape index (κ3) is 6.25. The topological polar surface area (TPSA) is 53.6 Å². The lowest BCUT2D eigenvalue weighted by Crippen LogP contribution is -2.26. The van der Waals surface area contributed by atoms with Crippen LogP contribution in [0, 0.1) is 6.92 Å². The molecule has 0 saturated heterocycles. The molecule has 106 valence electrons. The van der Waals surface area contributed by atoms with Crippen LogP contribution in [0.2, 0.25) is 0 Å². The highest BCUT2D eigenvalue weighted by Crippen LogP contribution is 2.08. The van der Waals surface area contributed by atoms with Crippen molar-refractivity contribution in [3.8, 4) is 0 Å². The summed E-state index contributed by atoms with van der Waals surface area (Å²) in [7, 11) is 0. The molecule has 0 aliphatic rings. The van der Waals surface area contributed by atoms with Crippen molar-refractivity contribution in [1.82, 2.24) is 4.90 Å². The molecule has 0 fully saturated rings. The molecule has 4 nitrogen and oxygen atoms in total. The molecule has 0 radical (unpaired) electrons. The van der Waals surface area contributed by atoms with Gasteiger partial charge in [-0.2, -0.15) is 0 Å². The highest BCUT2D eigenvalue weighted by molar-refractivity contribution is 5.92. The third-order valence-electron chi connectivity index (χ3n) is 3.10. The van der Waals surface area contributed by atoms with Gasteiger partial charge in [0.2, 0.25) is 0 Å². The van der Waals surface area contributed by atoms with Crippen LogP contribution in [-0.4, -0.2) is 37.0 Å². The summed E-state index contributed by atoms with van der Waals surface area (Å²) in [6.45, 7) is 10.5. The van der Waals surface area contributed by atoms with Crippen LogP contribution in [0.3, 0.4) is 0 Å². The van der Waals surface area contributed by atoms with E-state index in [1.165, 1.54) is 5.56 Å². The lowest BCUT2D eigenvalue weighted by Gasteiger charge is -2.16. The molecule has 0 aliphatic heterocycles. The molecule has 19 heavy (non-hydrogen) atoms. The van der Waals surface area contributed by atoms with Crippen LogP contribution in [0.15, 0.2) is 29.3 Å². The van der Waals surface area contributed by atoms with Gasteiger partial charge < -0.3 is 16.0 Å². The fraction of sp³-hybridized carbons (Fsp3) is 0.533. The Bertz CT molecular complexity index is 397. The van der Waals surface area contributed by atoms with E-state index in [0.29, 0.717) is 5.96 Å². The molecule has 4 heteroatoms. The number of nitrogens with one attached hydrogen (secondary N) is 1. The Morgan fingerprint density at radius 2 is 2.05 bits per heavy atom. The van der Waals surface area contributed by atoms with E-state index in [1.807, 2.05) is 12.1 Å². The molecule has 1 rings (SSSR count). The summed E-state index contributed by atoms with van der Waals surface area (Å²) in [5.41, 5.74) is 8.06. The van der Waals surface area contributed by atoms with Crippen molar-refractivity contribution in [2.75, 3.05) is 31.5 Å². The Morgan fingerprint density at radius 3 is 2.68 bits per heavy atom. The van der Waals surface area contributed by atoms with Crippen molar-refractivity contribution >= 4 is 11.6 Å². The number of benzene rings is 1. The zero-order chi connectivity index (χ0) is 14.1. The van der Waals surface area contributed by atoms with E-state index in [1.54, 1.807) is 0 Å². The number of nitrogens with two attached hydrogens (primary N) is 1. The van der Waals surface area contributed by atoms with Crippen LogP contribution in [0.1, 0.15) is 25.8 Å². The molecular weight excluding hydrogens is 236 g/mol. The summed E-state index contributed by atoms with van der Waals surface area (Å²) in [4.78, 5) is 6.73. The van der Waals surface area contributed by atoms with Gasteiger partial charge >= 0.3 is 0 Å². The fourth-order valence-electron chi connectivity index (χ4n) is 1.94. The Labute approximate surface area is 116 Å². The van der Waals surface area contributed by atoms with Crippen molar-refractivity contribution in [2.24, 2.45) is 10.7 Å². The van der Waals surface area contributed by atoms with Crippen molar-refractivity contribution in [3.05, 3.63) is 29.8 Å².